The number of benzene rings is 1. The molecular formula is C12H11ClN2S. The van der Waals surface area contributed by atoms with Crippen LogP contribution in [0.15, 0.2) is 47.6 Å². The molecule has 1 aromatic heterocycles. The van der Waals surface area contributed by atoms with Crippen LogP contribution in [0.3, 0.4) is 0 Å². The summed E-state index contributed by atoms with van der Waals surface area (Å²) in [5.74, 6) is 0.859. The van der Waals surface area contributed by atoms with Crippen LogP contribution in [0.25, 0.3) is 0 Å². The molecule has 0 unspecified atom stereocenters. The normalized spacial score (nSPS) is 10.3. The largest absolute Gasteiger partial charge is 0.397 e. The van der Waals surface area contributed by atoms with E-state index < -0.39 is 0 Å². The molecule has 82 valence electrons. The van der Waals surface area contributed by atoms with E-state index in [2.05, 4.69) is 17.1 Å². The van der Waals surface area contributed by atoms with E-state index in [0.717, 1.165) is 10.8 Å². The highest BCUT2D eigenvalue weighted by atomic mass is 35.5. The third kappa shape index (κ3) is 2.90. The van der Waals surface area contributed by atoms with Crippen molar-refractivity contribution in [3.8, 4) is 0 Å². The fourth-order valence-electron chi connectivity index (χ4n) is 1.27. The number of hydrogen-bond donors (Lipinski definition) is 1. The summed E-state index contributed by atoms with van der Waals surface area (Å²) in [5.41, 5.74) is 7.42. The molecule has 0 aliphatic rings. The lowest BCUT2D eigenvalue weighted by Gasteiger charge is -2.03. The van der Waals surface area contributed by atoms with Gasteiger partial charge in [0.05, 0.1) is 16.9 Å². The summed E-state index contributed by atoms with van der Waals surface area (Å²) >= 11 is 7.64. The SMILES string of the molecule is Nc1cnc(SCc2ccccc2)c(Cl)c1. The Morgan fingerprint density at radius 1 is 1.25 bits per heavy atom. The number of anilines is 1. The van der Waals surface area contributed by atoms with Gasteiger partial charge >= 0.3 is 0 Å². The van der Waals surface area contributed by atoms with Crippen LogP contribution < -0.4 is 5.73 Å². The van der Waals surface area contributed by atoms with E-state index in [0.29, 0.717) is 10.7 Å². The van der Waals surface area contributed by atoms with E-state index in [1.165, 1.54) is 5.56 Å². The van der Waals surface area contributed by atoms with Crippen LogP contribution >= 0.6 is 23.4 Å². The zero-order valence-electron chi connectivity index (χ0n) is 8.56. The molecule has 0 atom stereocenters. The van der Waals surface area contributed by atoms with Gasteiger partial charge in [-0.3, -0.25) is 0 Å². The van der Waals surface area contributed by atoms with E-state index in [1.54, 1.807) is 24.0 Å². The highest BCUT2D eigenvalue weighted by Crippen LogP contribution is 2.28. The number of halogens is 1. The van der Waals surface area contributed by atoms with Gasteiger partial charge in [-0.1, -0.05) is 41.9 Å². The van der Waals surface area contributed by atoms with Crippen molar-refractivity contribution in [1.29, 1.82) is 0 Å². The van der Waals surface area contributed by atoms with E-state index in [-0.39, 0.29) is 0 Å². The Morgan fingerprint density at radius 2 is 2.00 bits per heavy atom. The summed E-state index contributed by atoms with van der Waals surface area (Å²) in [7, 11) is 0. The van der Waals surface area contributed by atoms with Crippen molar-refractivity contribution in [2.75, 3.05) is 5.73 Å². The van der Waals surface area contributed by atoms with E-state index >= 15 is 0 Å². The molecule has 1 aromatic carbocycles. The Hall–Kier alpha value is -1.19. The average Bonchev–Trinajstić information content (AvgIpc) is 2.29. The Labute approximate surface area is 104 Å². The van der Waals surface area contributed by atoms with Gasteiger partial charge in [0.1, 0.15) is 5.03 Å². The van der Waals surface area contributed by atoms with Crippen molar-refractivity contribution in [2.24, 2.45) is 0 Å². The second-order valence-electron chi connectivity index (χ2n) is 3.33. The molecule has 0 amide bonds. The van der Waals surface area contributed by atoms with Gasteiger partial charge in [0, 0.05) is 5.75 Å². The molecule has 0 aliphatic heterocycles. The first-order valence-corrected chi connectivity index (χ1v) is 6.20. The number of aromatic nitrogens is 1. The molecule has 0 radical (unpaired) electrons. The molecule has 1 heterocycles. The average molecular weight is 251 g/mol. The summed E-state index contributed by atoms with van der Waals surface area (Å²) < 4.78 is 0. The molecule has 4 heteroatoms. The molecule has 16 heavy (non-hydrogen) atoms. The number of rotatable bonds is 3. The van der Waals surface area contributed by atoms with Gasteiger partial charge in [-0.25, -0.2) is 4.98 Å². The molecule has 2 rings (SSSR count). The standard InChI is InChI=1S/C12H11ClN2S/c13-11-6-10(14)7-15-12(11)16-8-9-4-2-1-3-5-9/h1-7H,8,14H2. The third-order valence-electron chi connectivity index (χ3n) is 2.05. The predicted molar refractivity (Wildman–Crippen MR) is 69.7 cm³/mol. The summed E-state index contributed by atoms with van der Waals surface area (Å²) in [5, 5.41) is 1.43. The monoisotopic (exact) mass is 250 g/mol. The van der Waals surface area contributed by atoms with E-state index in [1.807, 2.05) is 18.2 Å². The number of hydrogen-bond acceptors (Lipinski definition) is 3. The van der Waals surface area contributed by atoms with Crippen LogP contribution in [0.4, 0.5) is 5.69 Å². The number of thioether (sulfide) groups is 1. The first-order valence-electron chi connectivity index (χ1n) is 4.83. The highest BCUT2D eigenvalue weighted by molar-refractivity contribution is 7.98. The van der Waals surface area contributed by atoms with Crippen LogP contribution in [0.2, 0.25) is 5.02 Å². The topological polar surface area (TPSA) is 38.9 Å². The molecule has 0 bridgehead atoms. The number of nitrogens with zero attached hydrogens (tertiary/aromatic N) is 1. The number of nitrogen functional groups attached to an aromatic ring is 1. The summed E-state index contributed by atoms with van der Waals surface area (Å²) in [6.45, 7) is 0. The minimum absolute atomic E-state index is 0.592. The molecule has 0 fully saturated rings. The lowest BCUT2D eigenvalue weighted by atomic mass is 10.2. The summed E-state index contributed by atoms with van der Waals surface area (Å²) in [6, 6.07) is 11.9. The molecule has 0 saturated heterocycles. The maximum absolute atomic E-state index is 6.03. The van der Waals surface area contributed by atoms with Gasteiger partial charge in [-0.2, -0.15) is 0 Å². The van der Waals surface area contributed by atoms with E-state index in [9.17, 15) is 0 Å². The van der Waals surface area contributed by atoms with Gasteiger partial charge < -0.3 is 5.73 Å². The summed E-state index contributed by atoms with van der Waals surface area (Å²) in [4.78, 5) is 4.20. The second kappa shape index (κ2) is 5.23. The minimum Gasteiger partial charge on any atom is -0.397 e. The van der Waals surface area contributed by atoms with Crippen LogP contribution in [0.5, 0.6) is 0 Å². The maximum atomic E-state index is 6.03. The van der Waals surface area contributed by atoms with Gasteiger partial charge in [0.2, 0.25) is 0 Å². The molecule has 2 aromatic rings. The lowest BCUT2D eigenvalue weighted by Crippen LogP contribution is -1.89. The van der Waals surface area contributed by atoms with Crippen molar-refractivity contribution in [1.82, 2.24) is 4.98 Å². The van der Waals surface area contributed by atoms with Crippen LogP contribution in [-0.2, 0) is 5.75 Å². The quantitative estimate of drug-likeness (QED) is 0.846. The smallest absolute Gasteiger partial charge is 0.115 e. The maximum Gasteiger partial charge on any atom is 0.115 e. The highest BCUT2D eigenvalue weighted by Gasteiger charge is 2.03. The van der Waals surface area contributed by atoms with Crippen LogP contribution in [0.1, 0.15) is 5.56 Å². The fraction of sp³-hybridized carbons (Fsp3) is 0.0833. The Kier molecular flexibility index (Phi) is 3.70. The fourth-order valence-corrected chi connectivity index (χ4v) is 2.43. The minimum atomic E-state index is 0.592. The predicted octanol–water partition coefficient (Wildman–Crippen LogP) is 3.61. The van der Waals surface area contributed by atoms with Crippen molar-refractivity contribution >= 4 is 29.1 Å². The van der Waals surface area contributed by atoms with Crippen LogP contribution in [0, 0.1) is 0 Å². The number of pyridine rings is 1. The van der Waals surface area contributed by atoms with Crippen molar-refractivity contribution in [3.05, 3.63) is 53.2 Å². The first-order chi connectivity index (χ1) is 7.75. The molecule has 2 N–H and O–H groups in total. The van der Waals surface area contributed by atoms with Gasteiger partial charge in [-0.05, 0) is 11.6 Å². The Balaban J connectivity index is 2.05. The second-order valence-corrected chi connectivity index (χ2v) is 4.70. The first kappa shape index (κ1) is 11.3. The molecule has 0 spiro atoms. The Bertz CT molecular complexity index is 474. The van der Waals surface area contributed by atoms with Gasteiger partial charge in [0.25, 0.3) is 0 Å². The zero-order chi connectivity index (χ0) is 11.4. The van der Waals surface area contributed by atoms with Crippen molar-refractivity contribution in [3.63, 3.8) is 0 Å². The molecule has 0 aliphatic carbocycles. The van der Waals surface area contributed by atoms with Gasteiger partial charge in [-0.15, -0.1) is 11.8 Å². The number of nitrogens with two attached hydrogens (primary N) is 1. The van der Waals surface area contributed by atoms with Crippen LogP contribution in [-0.4, -0.2) is 4.98 Å². The van der Waals surface area contributed by atoms with E-state index in [4.69, 9.17) is 17.3 Å². The molecule has 0 saturated carbocycles. The van der Waals surface area contributed by atoms with Gasteiger partial charge in [0.15, 0.2) is 0 Å². The Morgan fingerprint density at radius 3 is 2.69 bits per heavy atom. The lowest BCUT2D eigenvalue weighted by molar-refractivity contribution is 1.13. The summed E-state index contributed by atoms with van der Waals surface area (Å²) in [6.07, 6.45) is 1.62. The molecule has 2 nitrogen and oxygen atoms in total. The third-order valence-corrected chi connectivity index (χ3v) is 3.52. The van der Waals surface area contributed by atoms with Crippen molar-refractivity contribution in [2.45, 2.75) is 10.8 Å². The van der Waals surface area contributed by atoms with Crippen molar-refractivity contribution < 1.29 is 0 Å². The molecular weight excluding hydrogens is 240 g/mol. The zero-order valence-corrected chi connectivity index (χ0v) is 10.1.